The number of carbonyl (C=O) groups excluding carboxylic acids is 1. The zero-order valence-corrected chi connectivity index (χ0v) is 11.4. The van der Waals surface area contributed by atoms with Crippen molar-refractivity contribution in [3.63, 3.8) is 0 Å². The van der Waals surface area contributed by atoms with E-state index < -0.39 is 0 Å². The van der Waals surface area contributed by atoms with Crippen molar-refractivity contribution in [1.82, 2.24) is 0 Å². The van der Waals surface area contributed by atoms with Gasteiger partial charge in [-0.3, -0.25) is 4.79 Å². The number of hydrogen-bond acceptors (Lipinski definition) is 3. The van der Waals surface area contributed by atoms with E-state index in [0.29, 0.717) is 0 Å². The minimum absolute atomic E-state index is 0.192. The van der Waals surface area contributed by atoms with Crippen LogP contribution in [-0.4, -0.2) is 18.7 Å². The van der Waals surface area contributed by atoms with Crippen LogP contribution >= 0.6 is 0 Å². The highest BCUT2D eigenvalue weighted by Crippen LogP contribution is 2.18. The quantitative estimate of drug-likeness (QED) is 0.766. The predicted molar refractivity (Wildman–Crippen MR) is 72.5 cm³/mol. The molecule has 98 valence electrons. The molecule has 0 heterocycles. The molecule has 3 heteroatoms. The van der Waals surface area contributed by atoms with Crippen LogP contribution in [0.25, 0.3) is 6.08 Å². The summed E-state index contributed by atoms with van der Waals surface area (Å²) in [6, 6.07) is 7.75. The summed E-state index contributed by atoms with van der Waals surface area (Å²) < 4.78 is 10.3. The number of hydrogen-bond donors (Lipinski definition) is 0. The predicted octanol–water partition coefficient (Wildman–Crippen LogP) is 3.44. The second-order valence-electron chi connectivity index (χ2n) is 4.97. The first kappa shape index (κ1) is 14.3. The second-order valence-corrected chi connectivity index (χ2v) is 4.97. The fourth-order valence-electron chi connectivity index (χ4n) is 1.38. The molecule has 0 fully saturated rings. The fraction of sp³-hybridized carbons (Fsp3) is 0.400. The molecule has 3 nitrogen and oxygen atoms in total. The van der Waals surface area contributed by atoms with E-state index in [9.17, 15) is 4.79 Å². The molecule has 0 bridgehead atoms. The van der Waals surface area contributed by atoms with Crippen LogP contribution in [0.3, 0.4) is 0 Å². The Hall–Kier alpha value is -1.77. The van der Waals surface area contributed by atoms with Gasteiger partial charge in [-0.1, -0.05) is 24.3 Å². The Balaban J connectivity index is 2.58. The number of esters is 1. The molecule has 0 aromatic heterocycles. The molecule has 0 unspecified atom stereocenters. The molecule has 0 amide bonds. The smallest absolute Gasteiger partial charge is 0.309 e. The number of benzene rings is 1. The van der Waals surface area contributed by atoms with E-state index in [0.717, 1.165) is 11.3 Å². The number of carbonyl (C=O) groups is 1. The van der Waals surface area contributed by atoms with Gasteiger partial charge in [0.2, 0.25) is 0 Å². The lowest BCUT2D eigenvalue weighted by Crippen LogP contribution is -2.22. The van der Waals surface area contributed by atoms with Gasteiger partial charge in [0.05, 0.1) is 13.5 Å². The van der Waals surface area contributed by atoms with Gasteiger partial charge in [-0.05, 0) is 38.5 Å². The monoisotopic (exact) mass is 248 g/mol. The van der Waals surface area contributed by atoms with Crippen molar-refractivity contribution in [2.24, 2.45) is 0 Å². The first-order valence-corrected chi connectivity index (χ1v) is 5.93. The average molecular weight is 248 g/mol. The highest BCUT2D eigenvalue weighted by atomic mass is 16.5. The van der Waals surface area contributed by atoms with E-state index in [1.54, 1.807) is 6.08 Å². The summed E-state index contributed by atoms with van der Waals surface area (Å²) in [5.41, 5.74) is 0.836. The third-order valence-corrected chi connectivity index (χ3v) is 2.13. The van der Waals surface area contributed by atoms with Crippen molar-refractivity contribution in [2.75, 3.05) is 7.11 Å². The summed E-state index contributed by atoms with van der Waals surface area (Å²) in [5.74, 6) is 0.603. The maximum Gasteiger partial charge on any atom is 0.309 e. The molecule has 0 aliphatic carbocycles. The molecule has 1 rings (SSSR count). The lowest BCUT2D eigenvalue weighted by atomic mass is 10.1. The normalized spacial score (nSPS) is 11.6. The minimum Gasteiger partial charge on any atom is -0.488 e. The van der Waals surface area contributed by atoms with Crippen molar-refractivity contribution in [3.05, 3.63) is 35.9 Å². The molecule has 1 aromatic carbocycles. The van der Waals surface area contributed by atoms with Crippen molar-refractivity contribution >= 4 is 12.0 Å². The molecule has 0 radical (unpaired) electrons. The summed E-state index contributed by atoms with van der Waals surface area (Å²) in [6.07, 6.45) is 3.96. The Kier molecular flexibility index (Phi) is 4.95. The van der Waals surface area contributed by atoms with Crippen LogP contribution in [0.4, 0.5) is 0 Å². The number of ether oxygens (including phenoxy) is 2. The molecule has 1 aromatic rings. The van der Waals surface area contributed by atoms with Crippen molar-refractivity contribution in [2.45, 2.75) is 32.8 Å². The van der Waals surface area contributed by atoms with Crippen molar-refractivity contribution in [3.8, 4) is 5.75 Å². The van der Waals surface area contributed by atoms with Crippen LogP contribution in [0.15, 0.2) is 30.3 Å². The molecular weight excluding hydrogens is 228 g/mol. The van der Waals surface area contributed by atoms with Gasteiger partial charge >= 0.3 is 5.97 Å². The SMILES string of the molecule is COC(=O)CC=Cc1ccc(OC(C)(C)C)cc1. The van der Waals surface area contributed by atoms with Gasteiger partial charge in [-0.2, -0.15) is 0 Å². The van der Waals surface area contributed by atoms with E-state index in [4.69, 9.17) is 4.74 Å². The van der Waals surface area contributed by atoms with Gasteiger partial charge in [0, 0.05) is 0 Å². The molecule has 0 aliphatic rings. The maximum absolute atomic E-state index is 10.9. The summed E-state index contributed by atoms with van der Waals surface area (Å²) in [4.78, 5) is 10.9. The van der Waals surface area contributed by atoms with Crippen LogP contribution in [0.1, 0.15) is 32.8 Å². The molecule has 0 atom stereocenters. The third-order valence-electron chi connectivity index (χ3n) is 2.13. The van der Waals surface area contributed by atoms with Gasteiger partial charge in [-0.25, -0.2) is 0 Å². The minimum atomic E-state index is -0.237. The van der Waals surface area contributed by atoms with Crippen LogP contribution in [0.2, 0.25) is 0 Å². The average Bonchev–Trinajstić information content (AvgIpc) is 2.29. The number of methoxy groups -OCH3 is 1. The van der Waals surface area contributed by atoms with Gasteiger partial charge < -0.3 is 9.47 Å². The van der Waals surface area contributed by atoms with E-state index in [2.05, 4.69) is 4.74 Å². The lowest BCUT2D eigenvalue weighted by molar-refractivity contribution is -0.139. The zero-order chi connectivity index (χ0) is 13.6. The molecule has 18 heavy (non-hydrogen) atoms. The van der Waals surface area contributed by atoms with Gasteiger partial charge in [0.25, 0.3) is 0 Å². The van der Waals surface area contributed by atoms with E-state index in [1.807, 2.05) is 51.1 Å². The van der Waals surface area contributed by atoms with Crippen molar-refractivity contribution in [1.29, 1.82) is 0 Å². The molecule has 0 N–H and O–H groups in total. The van der Waals surface area contributed by atoms with Crippen LogP contribution in [-0.2, 0) is 9.53 Å². The Morgan fingerprint density at radius 2 is 1.83 bits per heavy atom. The first-order chi connectivity index (χ1) is 8.40. The fourth-order valence-corrected chi connectivity index (χ4v) is 1.38. The largest absolute Gasteiger partial charge is 0.488 e. The molecule has 0 aliphatic heterocycles. The Bertz CT molecular complexity index is 410. The molecule has 0 saturated carbocycles. The Morgan fingerprint density at radius 3 is 2.33 bits per heavy atom. The zero-order valence-electron chi connectivity index (χ0n) is 11.4. The van der Waals surface area contributed by atoms with Crippen LogP contribution < -0.4 is 4.74 Å². The third kappa shape index (κ3) is 5.53. The van der Waals surface area contributed by atoms with Gasteiger partial charge in [0.15, 0.2) is 0 Å². The van der Waals surface area contributed by atoms with Gasteiger partial charge in [-0.15, -0.1) is 0 Å². The first-order valence-electron chi connectivity index (χ1n) is 5.93. The second kappa shape index (κ2) is 6.24. The van der Waals surface area contributed by atoms with Crippen LogP contribution in [0.5, 0.6) is 5.75 Å². The maximum atomic E-state index is 10.9. The van der Waals surface area contributed by atoms with Gasteiger partial charge in [0.1, 0.15) is 11.4 Å². The van der Waals surface area contributed by atoms with Crippen LogP contribution in [0, 0.1) is 0 Å². The molecule has 0 saturated heterocycles. The van der Waals surface area contributed by atoms with E-state index in [1.165, 1.54) is 7.11 Å². The van der Waals surface area contributed by atoms with E-state index >= 15 is 0 Å². The summed E-state index contributed by atoms with van der Waals surface area (Å²) in [6.45, 7) is 6.03. The summed E-state index contributed by atoms with van der Waals surface area (Å²) in [7, 11) is 1.38. The number of rotatable bonds is 4. The molecular formula is C15H20O3. The highest BCUT2D eigenvalue weighted by Gasteiger charge is 2.10. The molecule has 0 spiro atoms. The summed E-state index contributed by atoms with van der Waals surface area (Å²) >= 11 is 0. The van der Waals surface area contributed by atoms with E-state index in [-0.39, 0.29) is 18.0 Å². The highest BCUT2D eigenvalue weighted by molar-refractivity contribution is 5.72. The lowest BCUT2D eigenvalue weighted by Gasteiger charge is -2.21. The van der Waals surface area contributed by atoms with Crippen molar-refractivity contribution < 1.29 is 14.3 Å². The summed E-state index contributed by atoms with van der Waals surface area (Å²) in [5, 5.41) is 0. The Morgan fingerprint density at radius 1 is 1.22 bits per heavy atom. The topological polar surface area (TPSA) is 35.5 Å². The Labute approximate surface area is 108 Å². The standard InChI is InChI=1S/C15H20O3/c1-15(2,3)18-13-10-8-12(9-11-13)6-5-7-14(16)17-4/h5-6,8-11H,7H2,1-4H3.